The molecular weight excluding hydrogens is 492 g/mol. The summed E-state index contributed by atoms with van der Waals surface area (Å²) in [6.45, 7) is 2.75. The molecule has 196 valence electrons. The third-order valence-electron chi connectivity index (χ3n) is 5.58. The lowest BCUT2D eigenvalue weighted by Gasteiger charge is -2.26. The minimum atomic E-state index is -3.76. The molecule has 0 saturated carbocycles. The van der Waals surface area contributed by atoms with Crippen LogP contribution in [0.3, 0.4) is 0 Å². The van der Waals surface area contributed by atoms with Gasteiger partial charge >= 0.3 is 5.97 Å². The van der Waals surface area contributed by atoms with Crippen molar-refractivity contribution >= 4 is 21.9 Å². The molecule has 0 unspecified atom stereocenters. The Kier molecular flexibility index (Phi) is 9.13. The number of benzene rings is 2. The first-order chi connectivity index (χ1) is 17.2. The highest BCUT2D eigenvalue weighted by Gasteiger charge is 2.27. The second-order valence-electron chi connectivity index (χ2n) is 7.80. The van der Waals surface area contributed by atoms with Gasteiger partial charge in [0.15, 0.2) is 11.5 Å². The Morgan fingerprint density at radius 2 is 1.64 bits per heavy atom. The van der Waals surface area contributed by atoms with E-state index >= 15 is 0 Å². The number of ether oxygens (including phenoxy) is 5. The third kappa shape index (κ3) is 6.07. The molecule has 3 rings (SSSR count). The smallest absolute Gasteiger partial charge is 0.338 e. The van der Waals surface area contributed by atoms with Crippen molar-refractivity contribution in [3.05, 3.63) is 47.0 Å². The topological polar surface area (TPSA) is 130 Å². The van der Waals surface area contributed by atoms with Crippen LogP contribution in [0.4, 0.5) is 0 Å². The van der Waals surface area contributed by atoms with Crippen LogP contribution < -0.4 is 19.5 Å². The van der Waals surface area contributed by atoms with E-state index in [2.05, 4.69) is 5.32 Å². The fourth-order valence-corrected chi connectivity index (χ4v) is 5.05. The molecule has 1 heterocycles. The molecule has 0 aliphatic carbocycles. The first kappa shape index (κ1) is 27.2. The molecule has 2 aromatic rings. The second kappa shape index (κ2) is 12.1. The van der Waals surface area contributed by atoms with Crippen LogP contribution in [-0.4, -0.2) is 85.4 Å². The number of aryl methyl sites for hydroxylation is 1. The molecule has 1 saturated heterocycles. The van der Waals surface area contributed by atoms with Crippen LogP contribution in [0.1, 0.15) is 26.3 Å². The van der Waals surface area contributed by atoms with E-state index in [9.17, 15) is 18.0 Å². The van der Waals surface area contributed by atoms with Crippen molar-refractivity contribution in [1.82, 2.24) is 9.62 Å². The Morgan fingerprint density at radius 3 is 2.22 bits per heavy atom. The average Bonchev–Trinajstić information content (AvgIpc) is 2.90. The lowest BCUT2D eigenvalue weighted by molar-refractivity contribution is 0.0502. The van der Waals surface area contributed by atoms with Crippen molar-refractivity contribution < 1.29 is 41.7 Å². The van der Waals surface area contributed by atoms with E-state index in [0.29, 0.717) is 36.0 Å². The molecule has 1 amide bonds. The molecule has 1 fully saturated rings. The number of nitrogens with zero attached hydrogens (tertiary/aromatic N) is 1. The summed E-state index contributed by atoms with van der Waals surface area (Å²) in [5.74, 6) is -0.0982. The maximum Gasteiger partial charge on any atom is 0.338 e. The molecule has 12 heteroatoms. The quantitative estimate of drug-likeness (QED) is 0.365. The molecule has 0 aromatic heterocycles. The van der Waals surface area contributed by atoms with Gasteiger partial charge in [0.05, 0.1) is 51.5 Å². The zero-order valence-corrected chi connectivity index (χ0v) is 21.5. The summed E-state index contributed by atoms with van der Waals surface area (Å²) in [6.07, 6.45) is 0. The highest BCUT2D eigenvalue weighted by molar-refractivity contribution is 7.89. The van der Waals surface area contributed by atoms with Gasteiger partial charge in [-0.3, -0.25) is 4.79 Å². The van der Waals surface area contributed by atoms with Crippen molar-refractivity contribution in [3.63, 3.8) is 0 Å². The molecule has 1 aliphatic rings. The van der Waals surface area contributed by atoms with Crippen LogP contribution in [0.2, 0.25) is 0 Å². The number of rotatable bonds is 10. The van der Waals surface area contributed by atoms with E-state index in [4.69, 9.17) is 23.7 Å². The number of carbonyl (C=O) groups is 2. The average molecular weight is 523 g/mol. The predicted molar refractivity (Wildman–Crippen MR) is 129 cm³/mol. The van der Waals surface area contributed by atoms with Gasteiger partial charge in [0.2, 0.25) is 15.8 Å². The predicted octanol–water partition coefficient (Wildman–Crippen LogP) is 1.63. The van der Waals surface area contributed by atoms with Gasteiger partial charge in [0.1, 0.15) is 6.61 Å². The third-order valence-corrected chi connectivity index (χ3v) is 7.48. The van der Waals surface area contributed by atoms with Crippen LogP contribution in [0.5, 0.6) is 17.2 Å². The molecule has 0 spiro atoms. The zero-order chi connectivity index (χ0) is 26.3. The van der Waals surface area contributed by atoms with Crippen molar-refractivity contribution in [2.75, 3.05) is 60.8 Å². The number of carbonyl (C=O) groups excluding carboxylic acids is 2. The molecule has 0 radical (unpaired) electrons. The summed E-state index contributed by atoms with van der Waals surface area (Å²) in [7, 11) is 0.595. The number of sulfonamides is 1. The number of nitrogens with one attached hydrogen (secondary N) is 1. The van der Waals surface area contributed by atoms with Crippen LogP contribution in [0.15, 0.2) is 35.2 Å². The summed E-state index contributed by atoms with van der Waals surface area (Å²) in [5.41, 5.74) is 0.982. The van der Waals surface area contributed by atoms with Crippen LogP contribution in [0, 0.1) is 6.92 Å². The van der Waals surface area contributed by atoms with Gasteiger partial charge in [0, 0.05) is 18.7 Å². The van der Waals surface area contributed by atoms with E-state index in [1.165, 1.54) is 49.9 Å². The molecule has 0 atom stereocenters. The van der Waals surface area contributed by atoms with E-state index in [0.717, 1.165) is 0 Å². The van der Waals surface area contributed by atoms with E-state index < -0.39 is 21.9 Å². The van der Waals surface area contributed by atoms with E-state index in [-0.39, 0.29) is 42.3 Å². The van der Waals surface area contributed by atoms with E-state index in [1.807, 2.05) is 0 Å². The fraction of sp³-hybridized carbons (Fsp3) is 0.417. The summed E-state index contributed by atoms with van der Waals surface area (Å²) < 4.78 is 53.4. The molecule has 0 bridgehead atoms. The van der Waals surface area contributed by atoms with Crippen molar-refractivity contribution in [2.24, 2.45) is 0 Å². The number of amides is 1. The number of hydrogen-bond donors (Lipinski definition) is 1. The van der Waals surface area contributed by atoms with Crippen molar-refractivity contribution in [1.29, 1.82) is 0 Å². The Hall–Kier alpha value is -3.35. The van der Waals surface area contributed by atoms with Crippen molar-refractivity contribution in [2.45, 2.75) is 11.8 Å². The maximum absolute atomic E-state index is 12.9. The Labute approximate surface area is 210 Å². The normalized spacial score (nSPS) is 14.1. The van der Waals surface area contributed by atoms with Crippen molar-refractivity contribution in [3.8, 4) is 17.2 Å². The summed E-state index contributed by atoms with van der Waals surface area (Å²) in [4.78, 5) is 25.2. The SMILES string of the molecule is COc1cc(C(=O)NCCOC(=O)c2cc(S(=O)(=O)N3CCOCC3)ccc2C)cc(OC)c1OC. The Bertz CT molecular complexity index is 1180. The minimum absolute atomic E-state index is 0.0117. The standard InChI is InChI=1S/C24H30N2O9S/c1-16-5-6-18(36(29,30)26-8-11-34-12-9-26)15-19(16)24(28)35-10-7-25-23(27)17-13-20(31-2)22(33-4)21(14-17)32-3/h5-6,13-15H,7-12H2,1-4H3,(H,25,27). The van der Waals surface area contributed by atoms with Crippen LogP contribution in [-0.2, 0) is 19.5 Å². The first-order valence-electron chi connectivity index (χ1n) is 11.2. The summed E-state index contributed by atoms with van der Waals surface area (Å²) in [5, 5.41) is 2.66. The lowest BCUT2D eigenvalue weighted by Crippen LogP contribution is -2.40. The second-order valence-corrected chi connectivity index (χ2v) is 9.74. The van der Waals surface area contributed by atoms with Gasteiger partial charge in [-0.2, -0.15) is 4.31 Å². The highest BCUT2D eigenvalue weighted by atomic mass is 32.2. The highest BCUT2D eigenvalue weighted by Crippen LogP contribution is 2.38. The first-order valence-corrected chi connectivity index (χ1v) is 12.6. The van der Waals surface area contributed by atoms with Gasteiger partial charge in [-0.1, -0.05) is 6.07 Å². The molecule has 11 nitrogen and oxygen atoms in total. The Morgan fingerprint density at radius 1 is 1.00 bits per heavy atom. The number of morpholine rings is 1. The molecule has 2 aromatic carbocycles. The van der Waals surface area contributed by atoms with Crippen LogP contribution in [0.25, 0.3) is 0 Å². The summed E-state index contributed by atoms with van der Waals surface area (Å²) in [6, 6.07) is 7.36. The largest absolute Gasteiger partial charge is 0.493 e. The van der Waals surface area contributed by atoms with Gasteiger partial charge in [-0.15, -0.1) is 0 Å². The van der Waals surface area contributed by atoms with Gasteiger partial charge in [-0.25, -0.2) is 13.2 Å². The van der Waals surface area contributed by atoms with Gasteiger partial charge in [0.25, 0.3) is 5.91 Å². The Balaban J connectivity index is 1.62. The van der Waals surface area contributed by atoms with Gasteiger partial charge < -0.3 is 29.0 Å². The molecule has 36 heavy (non-hydrogen) atoms. The fourth-order valence-electron chi connectivity index (χ4n) is 3.62. The lowest BCUT2D eigenvalue weighted by atomic mass is 10.1. The molecular formula is C24H30N2O9S. The van der Waals surface area contributed by atoms with E-state index in [1.54, 1.807) is 13.0 Å². The van der Waals surface area contributed by atoms with Gasteiger partial charge in [-0.05, 0) is 36.8 Å². The monoisotopic (exact) mass is 522 g/mol. The number of methoxy groups -OCH3 is 3. The maximum atomic E-state index is 12.9. The van der Waals surface area contributed by atoms with Crippen LogP contribution >= 0.6 is 0 Å². The zero-order valence-electron chi connectivity index (χ0n) is 20.7. The minimum Gasteiger partial charge on any atom is -0.493 e. The summed E-state index contributed by atoms with van der Waals surface area (Å²) >= 11 is 0. The molecule has 1 N–H and O–H groups in total. The number of hydrogen-bond acceptors (Lipinski definition) is 9. The number of esters is 1. The molecule has 1 aliphatic heterocycles.